The maximum atomic E-state index is 5.86. The van der Waals surface area contributed by atoms with E-state index >= 15 is 0 Å². The molecule has 0 aromatic carbocycles. The van der Waals surface area contributed by atoms with Crippen LogP contribution in [0.3, 0.4) is 0 Å². The summed E-state index contributed by atoms with van der Waals surface area (Å²) in [7, 11) is 0. The molecular formula is C7H9ClN4. The molecule has 1 aromatic heterocycles. The number of rotatable bonds is 1. The van der Waals surface area contributed by atoms with Crippen LogP contribution in [0.4, 0.5) is 5.82 Å². The van der Waals surface area contributed by atoms with Gasteiger partial charge < -0.3 is 5.43 Å². The van der Waals surface area contributed by atoms with Crippen molar-refractivity contribution < 1.29 is 0 Å². The van der Waals surface area contributed by atoms with Crippen LogP contribution in [0, 0.1) is 0 Å². The fraction of sp³-hybridized carbons (Fsp3) is 0.429. The fourth-order valence-electron chi connectivity index (χ4n) is 1.56. The highest BCUT2D eigenvalue weighted by Gasteiger charge is 2.19. The Kier molecular flexibility index (Phi) is 1.86. The highest BCUT2D eigenvalue weighted by molar-refractivity contribution is 6.30. The predicted octanol–water partition coefficient (Wildman–Crippen LogP) is 0.904. The van der Waals surface area contributed by atoms with Crippen molar-refractivity contribution >= 4 is 17.4 Å². The number of hydrogen-bond donors (Lipinski definition) is 2. The van der Waals surface area contributed by atoms with E-state index in [1.165, 1.54) is 0 Å². The van der Waals surface area contributed by atoms with Crippen LogP contribution in [0.1, 0.15) is 17.5 Å². The van der Waals surface area contributed by atoms with Gasteiger partial charge in [-0.1, -0.05) is 11.6 Å². The lowest BCUT2D eigenvalue weighted by Crippen LogP contribution is -2.12. The first kappa shape index (κ1) is 7.76. The number of aromatic nitrogens is 2. The van der Waals surface area contributed by atoms with Crippen molar-refractivity contribution in [3.8, 4) is 0 Å². The molecule has 0 unspecified atom stereocenters. The molecule has 4 nitrogen and oxygen atoms in total. The van der Waals surface area contributed by atoms with Crippen LogP contribution in [0.15, 0.2) is 0 Å². The van der Waals surface area contributed by atoms with E-state index in [9.17, 15) is 0 Å². The summed E-state index contributed by atoms with van der Waals surface area (Å²) in [6, 6.07) is 0. The van der Waals surface area contributed by atoms with Gasteiger partial charge in [0.25, 0.3) is 0 Å². The van der Waals surface area contributed by atoms with E-state index in [1.807, 2.05) is 0 Å². The summed E-state index contributed by atoms with van der Waals surface area (Å²) >= 11 is 5.86. The lowest BCUT2D eigenvalue weighted by Gasteiger charge is -2.05. The molecule has 0 saturated heterocycles. The van der Waals surface area contributed by atoms with Crippen molar-refractivity contribution in [2.45, 2.75) is 19.3 Å². The summed E-state index contributed by atoms with van der Waals surface area (Å²) < 4.78 is 0. The van der Waals surface area contributed by atoms with Gasteiger partial charge in [0, 0.05) is 5.56 Å². The third kappa shape index (κ3) is 1.04. The standard InChI is InChI=1S/C7H9ClN4/c8-6-4-2-1-3-5(4)7(10-9)12-11-6/h1-3,9H2,(H,10,12). The first-order chi connectivity index (χ1) is 5.83. The van der Waals surface area contributed by atoms with Gasteiger partial charge in [0.2, 0.25) is 0 Å². The van der Waals surface area contributed by atoms with Crippen molar-refractivity contribution in [1.82, 2.24) is 10.2 Å². The zero-order valence-electron chi connectivity index (χ0n) is 6.47. The Morgan fingerprint density at radius 1 is 1.25 bits per heavy atom. The molecule has 0 bridgehead atoms. The Balaban J connectivity index is 2.57. The Labute approximate surface area is 75.1 Å². The second-order valence-electron chi connectivity index (χ2n) is 2.79. The summed E-state index contributed by atoms with van der Waals surface area (Å²) in [5.74, 6) is 5.94. The molecule has 0 spiro atoms. The quantitative estimate of drug-likeness (QED) is 0.503. The van der Waals surface area contributed by atoms with E-state index in [0.29, 0.717) is 11.0 Å². The minimum absolute atomic E-state index is 0.515. The Morgan fingerprint density at radius 2 is 2.00 bits per heavy atom. The Hall–Kier alpha value is -0.870. The number of nitrogen functional groups attached to an aromatic ring is 1. The average molecular weight is 185 g/mol. The summed E-state index contributed by atoms with van der Waals surface area (Å²) in [5.41, 5.74) is 4.74. The maximum absolute atomic E-state index is 5.86. The number of hydrazine groups is 1. The molecule has 64 valence electrons. The van der Waals surface area contributed by atoms with E-state index < -0.39 is 0 Å². The van der Waals surface area contributed by atoms with Crippen LogP contribution < -0.4 is 11.3 Å². The number of nitrogens with two attached hydrogens (primary N) is 1. The number of fused-ring (bicyclic) bond motifs is 1. The first-order valence-corrected chi connectivity index (χ1v) is 4.21. The number of nitrogens with one attached hydrogen (secondary N) is 1. The maximum Gasteiger partial charge on any atom is 0.166 e. The SMILES string of the molecule is NNc1nnc(Cl)c2c1CCC2. The van der Waals surface area contributed by atoms with E-state index in [0.717, 1.165) is 30.4 Å². The number of nitrogens with zero attached hydrogens (tertiary/aromatic N) is 2. The van der Waals surface area contributed by atoms with Gasteiger partial charge in [-0.25, -0.2) is 5.84 Å². The van der Waals surface area contributed by atoms with E-state index in [1.54, 1.807) is 0 Å². The van der Waals surface area contributed by atoms with Crippen molar-refractivity contribution in [1.29, 1.82) is 0 Å². The zero-order valence-corrected chi connectivity index (χ0v) is 7.23. The normalized spacial score (nSPS) is 14.5. The molecule has 1 heterocycles. The second kappa shape index (κ2) is 2.88. The molecule has 5 heteroatoms. The Bertz CT molecular complexity index is 313. The van der Waals surface area contributed by atoms with Crippen molar-refractivity contribution in [3.63, 3.8) is 0 Å². The van der Waals surface area contributed by atoms with Gasteiger partial charge in [0.1, 0.15) is 0 Å². The molecule has 3 N–H and O–H groups in total. The predicted molar refractivity (Wildman–Crippen MR) is 46.9 cm³/mol. The molecule has 1 aliphatic rings. The number of halogens is 1. The molecule has 12 heavy (non-hydrogen) atoms. The summed E-state index contributed by atoms with van der Waals surface area (Å²) in [4.78, 5) is 0. The minimum atomic E-state index is 0.515. The highest BCUT2D eigenvalue weighted by Crippen LogP contribution is 2.30. The topological polar surface area (TPSA) is 63.8 Å². The van der Waals surface area contributed by atoms with Gasteiger partial charge in [0.15, 0.2) is 11.0 Å². The molecule has 0 atom stereocenters. The third-order valence-electron chi connectivity index (χ3n) is 2.13. The van der Waals surface area contributed by atoms with Gasteiger partial charge in [-0.3, -0.25) is 0 Å². The summed E-state index contributed by atoms with van der Waals surface area (Å²) in [5, 5.41) is 8.16. The lowest BCUT2D eigenvalue weighted by molar-refractivity contribution is 0.911. The van der Waals surface area contributed by atoms with Crippen LogP contribution >= 0.6 is 11.6 Å². The van der Waals surface area contributed by atoms with Crippen molar-refractivity contribution in [3.05, 3.63) is 16.3 Å². The van der Waals surface area contributed by atoms with Crippen LogP contribution in [-0.2, 0) is 12.8 Å². The molecule has 0 saturated carbocycles. The molecule has 0 radical (unpaired) electrons. The van der Waals surface area contributed by atoms with Crippen LogP contribution in [0.2, 0.25) is 5.15 Å². The average Bonchev–Trinajstić information content (AvgIpc) is 2.54. The van der Waals surface area contributed by atoms with Gasteiger partial charge in [0.05, 0.1) is 0 Å². The third-order valence-corrected chi connectivity index (χ3v) is 2.43. The Morgan fingerprint density at radius 3 is 2.75 bits per heavy atom. The molecule has 1 aliphatic carbocycles. The molecular weight excluding hydrogens is 176 g/mol. The first-order valence-electron chi connectivity index (χ1n) is 3.83. The van der Waals surface area contributed by atoms with Crippen molar-refractivity contribution in [2.75, 3.05) is 5.43 Å². The zero-order chi connectivity index (χ0) is 8.55. The van der Waals surface area contributed by atoms with Crippen LogP contribution in [-0.4, -0.2) is 10.2 Å². The van der Waals surface area contributed by atoms with Crippen LogP contribution in [0.25, 0.3) is 0 Å². The molecule has 0 amide bonds. The summed E-state index contributed by atoms with van der Waals surface area (Å²) in [6.45, 7) is 0. The number of hydrogen-bond acceptors (Lipinski definition) is 4. The molecule has 1 aromatic rings. The molecule has 0 aliphatic heterocycles. The summed E-state index contributed by atoms with van der Waals surface area (Å²) in [6.07, 6.45) is 3.08. The minimum Gasteiger partial charge on any atom is -0.307 e. The van der Waals surface area contributed by atoms with E-state index in [4.69, 9.17) is 17.4 Å². The molecule has 0 fully saturated rings. The largest absolute Gasteiger partial charge is 0.307 e. The van der Waals surface area contributed by atoms with Crippen molar-refractivity contribution in [2.24, 2.45) is 5.84 Å². The van der Waals surface area contributed by atoms with Gasteiger partial charge >= 0.3 is 0 Å². The molecule has 2 rings (SSSR count). The highest BCUT2D eigenvalue weighted by atomic mass is 35.5. The lowest BCUT2D eigenvalue weighted by atomic mass is 10.2. The fourth-order valence-corrected chi connectivity index (χ4v) is 1.81. The smallest absolute Gasteiger partial charge is 0.166 e. The van der Waals surface area contributed by atoms with Gasteiger partial charge in [-0.05, 0) is 24.8 Å². The second-order valence-corrected chi connectivity index (χ2v) is 3.15. The van der Waals surface area contributed by atoms with Crippen LogP contribution in [0.5, 0.6) is 0 Å². The van der Waals surface area contributed by atoms with Gasteiger partial charge in [-0.2, -0.15) is 0 Å². The van der Waals surface area contributed by atoms with E-state index in [2.05, 4.69) is 15.6 Å². The monoisotopic (exact) mass is 184 g/mol. The van der Waals surface area contributed by atoms with E-state index in [-0.39, 0.29) is 0 Å². The van der Waals surface area contributed by atoms with Gasteiger partial charge in [-0.15, -0.1) is 10.2 Å². The number of anilines is 1.